The highest BCUT2D eigenvalue weighted by atomic mass is 16.5. The maximum absolute atomic E-state index is 6.11. The Morgan fingerprint density at radius 3 is 2.83 bits per heavy atom. The maximum Gasteiger partial charge on any atom is 0.0707 e. The summed E-state index contributed by atoms with van der Waals surface area (Å²) in [4.78, 5) is 2.56. The van der Waals surface area contributed by atoms with Crippen molar-refractivity contribution in [3.63, 3.8) is 0 Å². The Labute approximate surface area is 111 Å². The van der Waals surface area contributed by atoms with Gasteiger partial charge in [-0.2, -0.15) is 0 Å². The van der Waals surface area contributed by atoms with Crippen LogP contribution in [0, 0.1) is 0 Å². The van der Waals surface area contributed by atoms with E-state index in [1.165, 1.54) is 19.3 Å². The van der Waals surface area contributed by atoms with Crippen LogP contribution in [0.5, 0.6) is 0 Å². The first-order chi connectivity index (χ1) is 8.83. The van der Waals surface area contributed by atoms with Crippen LogP contribution in [0.1, 0.15) is 33.1 Å². The van der Waals surface area contributed by atoms with Gasteiger partial charge in [-0.3, -0.25) is 4.90 Å². The number of nitrogens with zero attached hydrogens (tertiary/aromatic N) is 1. The molecule has 0 aromatic carbocycles. The average molecular weight is 256 g/mol. The first-order valence-corrected chi connectivity index (χ1v) is 7.51. The summed E-state index contributed by atoms with van der Waals surface area (Å²) < 4.78 is 11.7. The molecule has 2 rings (SSSR count). The summed E-state index contributed by atoms with van der Waals surface area (Å²) in [6.45, 7) is 10.4. The van der Waals surface area contributed by atoms with Gasteiger partial charge < -0.3 is 14.8 Å². The van der Waals surface area contributed by atoms with E-state index in [4.69, 9.17) is 9.47 Å². The Morgan fingerprint density at radius 2 is 2.06 bits per heavy atom. The van der Waals surface area contributed by atoms with E-state index in [2.05, 4.69) is 24.1 Å². The lowest BCUT2D eigenvalue weighted by molar-refractivity contribution is -0.0413. The predicted octanol–water partition coefficient (Wildman–Crippen LogP) is 1.25. The van der Waals surface area contributed by atoms with E-state index >= 15 is 0 Å². The average Bonchev–Trinajstić information content (AvgIpc) is 2.84. The minimum Gasteiger partial charge on any atom is -0.378 e. The van der Waals surface area contributed by atoms with Crippen molar-refractivity contribution in [2.45, 2.75) is 51.4 Å². The van der Waals surface area contributed by atoms with E-state index in [0.717, 1.165) is 39.4 Å². The summed E-state index contributed by atoms with van der Waals surface area (Å²) in [5.41, 5.74) is 0. The van der Waals surface area contributed by atoms with Crippen LogP contribution in [0.2, 0.25) is 0 Å². The first-order valence-electron chi connectivity index (χ1n) is 7.51. The van der Waals surface area contributed by atoms with Crippen molar-refractivity contribution in [1.82, 2.24) is 10.2 Å². The molecule has 2 saturated heterocycles. The zero-order valence-corrected chi connectivity index (χ0v) is 11.9. The third-order valence-corrected chi connectivity index (χ3v) is 4.08. The highest BCUT2D eigenvalue weighted by molar-refractivity contribution is 4.82. The van der Waals surface area contributed by atoms with Crippen LogP contribution >= 0.6 is 0 Å². The SMILES string of the molecule is CCNCC1CCC(CN2CCOCC2CC)O1. The molecule has 3 unspecified atom stereocenters. The summed E-state index contributed by atoms with van der Waals surface area (Å²) in [6, 6.07) is 0.593. The van der Waals surface area contributed by atoms with Crippen LogP contribution in [0.3, 0.4) is 0 Å². The van der Waals surface area contributed by atoms with E-state index in [0.29, 0.717) is 18.2 Å². The third-order valence-electron chi connectivity index (χ3n) is 4.08. The molecule has 0 spiro atoms. The third kappa shape index (κ3) is 3.92. The molecular weight excluding hydrogens is 228 g/mol. The van der Waals surface area contributed by atoms with E-state index in [1.807, 2.05) is 0 Å². The summed E-state index contributed by atoms with van der Waals surface area (Å²) >= 11 is 0. The molecule has 1 N–H and O–H groups in total. The number of ether oxygens (including phenoxy) is 2. The standard InChI is InChI=1S/C14H28N2O2/c1-3-12-11-17-8-7-16(12)10-14-6-5-13(18-14)9-15-4-2/h12-15H,3-11H2,1-2H3. The van der Waals surface area contributed by atoms with Crippen molar-refractivity contribution in [3.05, 3.63) is 0 Å². The van der Waals surface area contributed by atoms with Crippen molar-refractivity contribution in [3.8, 4) is 0 Å². The molecule has 106 valence electrons. The molecular formula is C14H28N2O2. The molecule has 0 saturated carbocycles. The van der Waals surface area contributed by atoms with Gasteiger partial charge in [0.1, 0.15) is 0 Å². The van der Waals surface area contributed by atoms with Gasteiger partial charge in [0.15, 0.2) is 0 Å². The Kier molecular flexibility index (Phi) is 5.89. The topological polar surface area (TPSA) is 33.7 Å². The van der Waals surface area contributed by atoms with Gasteiger partial charge in [0.05, 0.1) is 25.4 Å². The van der Waals surface area contributed by atoms with Crippen LogP contribution in [0.15, 0.2) is 0 Å². The summed E-state index contributed by atoms with van der Waals surface area (Å²) in [7, 11) is 0. The number of likely N-dealkylation sites (N-methyl/N-ethyl adjacent to an activating group) is 1. The lowest BCUT2D eigenvalue weighted by Gasteiger charge is -2.36. The van der Waals surface area contributed by atoms with Gasteiger partial charge in [0.2, 0.25) is 0 Å². The minimum atomic E-state index is 0.427. The number of morpholine rings is 1. The van der Waals surface area contributed by atoms with Crippen molar-refractivity contribution in [2.24, 2.45) is 0 Å². The second-order valence-corrected chi connectivity index (χ2v) is 5.40. The van der Waals surface area contributed by atoms with Crippen LogP contribution in [0.4, 0.5) is 0 Å². The van der Waals surface area contributed by atoms with Gasteiger partial charge in [0.25, 0.3) is 0 Å². The van der Waals surface area contributed by atoms with Crippen LogP contribution in [-0.2, 0) is 9.47 Å². The maximum atomic E-state index is 6.11. The highest BCUT2D eigenvalue weighted by Gasteiger charge is 2.29. The second kappa shape index (κ2) is 7.43. The summed E-state index contributed by atoms with van der Waals surface area (Å²) in [5, 5.41) is 3.38. The Bertz CT molecular complexity index is 238. The molecule has 0 bridgehead atoms. The molecule has 4 heteroatoms. The Morgan fingerprint density at radius 1 is 1.22 bits per heavy atom. The monoisotopic (exact) mass is 256 g/mol. The zero-order chi connectivity index (χ0) is 12.8. The van der Waals surface area contributed by atoms with E-state index in [-0.39, 0.29) is 0 Å². The molecule has 18 heavy (non-hydrogen) atoms. The van der Waals surface area contributed by atoms with E-state index in [9.17, 15) is 0 Å². The van der Waals surface area contributed by atoms with Crippen molar-refractivity contribution >= 4 is 0 Å². The number of rotatable bonds is 6. The van der Waals surface area contributed by atoms with Crippen molar-refractivity contribution in [2.75, 3.05) is 39.4 Å². The van der Waals surface area contributed by atoms with E-state index in [1.54, 1.807) is 0 Å². The van der Waals surface area contributed by atoms with Gasteiger partial charge in [-0.1, -0.05) is 13.8 Å². The first kappa shape index (κ1) is 14.3. The normalized spacial score (nSPS) is 34.0. The van der Waals surface area contributed by atoms with Crippen LogP contribution in [0.25, 0.3) is 0 Å². The van der Waals surface area contributed by atoms with E-state index < -0.39 is 0 Å². The zero-order valence-electron chi connectivity index (χ0n) is 11.9. The minimum absolute atomic E-state index is 0.427. The number of nitrogens with one attached hydrogen (secondary N) is 1. The van der Waals surface area contributed by atoms with Crippen molar-refractivity contribution < 1.29 is 9.47 Å². The molecule has 4 nitrogen and oxygen atoms in total. The number of hydrogen-bond acceptors (Lipinski definition) is 4. The molecule has 2 aliphatic heterocycles. The quantitative estimate of drug-likeness (QED) is 0.775. The Hall–Kier alpha value is -0.160. The molecule has 0 aromatic heterocycles. The molecule has 3 atom stereocenters. The van der Waals surface area contributed by atoms with Crippen molar-refractivity contribution in [1.29, 1.82) is 0 Å². The Balaban J connectivity index is 1.72. The smallest absolute Gasteiger partial charge is 0.0707 e. The largest absolute Gasteiger partial charge is 0.378 e. The van der Waals surface area contributed by atoms with Crippen LogP contribution < -0.4 is 5.32 Å². The van der Waals surface area contributed by atoms with Gasteiger partial charge in [0, 0.05) is 25.7 Å². The fraction of sp³-hybridized carbons (Fsp3) is 1.00. The van der Waals surface area contributed by atoms with Gasteiger partial charge in [-0.25, -0.2) is 0 Å². The van der Waals surface area contributed by atoms with Crippen LogP contribution in [-0.4, -0.2) is 62.5 Å². The van der Waals surface area contributed by atoms with Gasteiger partial charge in [-0.15, -0.1) is 0 Å². The lowest BCUT2D eigenvalue weighted by atomic mass is 10.1. The molecule has 0 amide bonds. The molecule has 2 heterocycles. The molecule has 0 aromatic rings. The highest BCUT2D eigenvalue weighted by Crippen LogP contribution is 2.22. The summed E-state index contributed by atoms with van der Waals surface area (Å²) in [5.74, 6) is 0. The van der Waals surface area contributed by atoms with Gasteiger partial charge >= 0.3 is 0 Å². The lowest BCUT2D eigenvalue weighted by Crippen LogP contribution is -2.48. The summed E-state index contributed by atoms with van der Waals surface area (Å²) in [6.07, 6.45) is 4.45. The molecule has 2 fully saturated rings. The molecule has 0 radical (unpaired) electrons. The predicted molar refractivity (Wildman–Crippen MR) is 72.9 cm³/mol. The number of hydrogen-bond donors (Lipinski definition) is 1. The fourth-order valence-electron chi connectivity index (χ4n) is 2.94. The second-order valence-electron chi connectivity index (χ2n) is 5.40. The fourth-order valence-corrected chi connectivity index (χ4v) is 2.94. The molecule has 2 aliphatic rings. The van der Waals surface area contributed by atoms with Gasteiger partial charge in [-0.05, 0) is 25.8 Å². The molecule has 0 aliphatic carbocycles.